The SMILES string of the molecule is COc1ccccc1-c1cnoc1C1CCCN1. The molecule has 4 heteroatoms. The first-order valence-electron chi connectivity index (χ1n) is 6.21. The molecule has 1 aromatic heterocycles. The monoisotopic (exact) mass is 244 g/mol. The van der Waals surface area contributed by atoms with Gasteiger partial charge < -0.3 is 14.6 Å². The number of nitrogens with zero attached hydrogens (tertiary/aromatic N) is 1. The molecule has 1 aliphatic heterocycles. The summed E-state index contributed by atoms with van der Waals surface area (Å²) in [6.45, 7) is 1.04. The first-order valence-corrected chi connectivity index (χ1v) is 6.21. The third-order valence-electron chi connectivity index (χ3n) is 3.37. The molecule has 0 aliphatic carbocycles. The molecule has 94 valence electrons. The summed E-state index contributed by atoms with van der Waals surface area (Å²) in [4.78, 5) is 0. The van der Waals surface area contributed by atoms with Gasteiger partial charge in [-0.1, -0.05) is 23.4 Å². The highest BCUT2D eigenvalue weighted by atomic mass is 16.5. The summed E-state index contributed by atoms with van der Waals surface area (Å²) >= 11 is 0. The zero-order valence-electron chi connectivity index (χ0n) is 10.3. The van der Waals surface area contributed by atoms with E-state index in [2.05, 4.69) is 10.5 Å². The molecule has 0 spiro atoms. The minimum atomic E-state index is 0.271. The van der Waals surface area contributed by atoms with Gasteiger partial charge in [-0.3, -0.25) is 0 Å². The molecular weight excluding hydrogens is 228 g/mol. The van der Waals surface area contributed by atoms with E-state index in [0.717, 1.165) is 35.6 Å². The Labute approximate surface area is 106 Å². The minimum Gasteiger partial charge on any atom is -0.496 e. The second kappa shape index (κ2) is 4.82. The van der Waals surface area contributed by atoms with E-state index >= 15 is 0 Å². The molecule has 1 atom stereocenters. The van der Waals surface area contributed by atoms with Crippen LogP contribution in [-0.2, 0) is 0 Å². The van der Waals surface area contributed by atoms with Crippen LogP contribution in [0.1, 0.15) is 24.6 Å². The third-order valence-corrected chi connectivity index (χ3v) is 3.37. The second-order valence-corrected chi connectivity index (χ2v) is 4.45. The van der Waals surface area contributed by atoms with Gasteiger partial charge in [0, 0.05) is 11.1 Å². The molecule has 1 saturated heterocycles. The molecule has 1 aliphatic rings. The molecule has 4 nitrogen and oxygen atoms in total. The molecule has 2 heterocycles. The van der Waals surface area contributed by atoms with Gasteiger partial charge >= 0.3 is 0 Å². The standard InChI is InChI=1S/C14H16N2O2/c1-17-13-7-3-2-5-10(13)11-9-16-18-14(11)12-6-4-8-15-12/h2-3,5,7,9,12,15H,4,6,8H2,1H3. The number of para-hydroxylation sites is 1. The molecule has 1 aromatic carbocycles. The summed E-state index contributed by atoms with van der Waals surface area (Å²) in [5.41, 5.74) is 2.05. The van der Waals surface area contributed by atoms with Gasteiger partial charge in [-0.15, -0.1) is 0 Å². The maximum absolute atomic E-state index is 5.43. The summed E-state index contributed by atoms with van der Waals surface area (Å²) in [6.07, 6.45) is 4.04. The predicted molar refractivity (Wildman–Crippen MR) is 68.5 cm³/mol. The Kier molecular flexibility index (Phi) is 3.02. The van der Waals surface area contributed by atoms with Crippen molar-refractivity contribution in [2.45, 2.75) is 18.9 Å². The van der Waals surface area contributed by atoms with Crippen molar-refractivity contribution in [2.24, 2.45) is 0 Å². The van der Waals surface area contributed by atoms with E-state index in [1.54, 1.807) is 13.3 Å². The molecule has 2 aromatic rings. The van der Waals surface area contributed by atoms with Gasteiger partial charge in [-0.2, -0.15) is 0 Å². The van der Waals surface area contributed by atoms with Crippen LogP contribution in [0.25, 0.3) is 11.1 Å². The smallest absolute Gasteiger partial charge is 0.161 e. The van der Waals surface area contributed by atoms with Crippen LogP contribution in [0.3, 0.4) is 0 Å². The highest BCUT2D eigenvalue weighted by molar-refractivity contribution is 5.71. The maximum atomic E-state index is 5.43. The van der Waals surface area contributed by atoms with Crippen molar-refractivity contribution in [1.29, 1.82) is 0 Å². The third kappa shape index (κ3) is 1.88. The number of hydrogen-bond acceptors (Lipinski definition) is 4. The van der Waals surface area contributed by atoms with Gasteiger partial charge in [0.1, 0.15) is 5.75 Å². The van der Waals surface area contributed by atoms with Gasteiger partial charge in [0.2, 0.25) is 0 Å². The Morgan fingerprint density at radius 1 is 1.33 bits per heavy atom. The van der Waals surface area contributed by atoms with Gasteiger partial charge in [-0.25, -0.2) is 0 Å². The zero-order valence-corrected chi connectivity index (χ0v) is 10.3. The zero-order chi connectivity index (χ0) is 12.4. The maximum Gasteiger partial charge on any atom is 0.161 e. The highest BCUT2D eigenvalue weighted by Crippen LogP contribution is 2.36. The summed E-state index contributed by atoms with van der Waals surface area (Å²) in [5.74, 6) is 1.76. The molecule has 3 rings (SSSR count). The molecule has 0 bridgehead atoms. The molecule has 0 amide bonds. The van der Waals surface area contributed by atoms with Crippen molar-refractivity contribution in [3.05, 3.63) is 36.2 Å². The predicted octanol–water partition coefficient (Wildman–Crippen LogP) is 2.77. The first-order chi connectivity index (χ1) is 8.90. The van der Waals surface area contributed by atoms with E-state index in [1.165, 1.54) is 6.42 Å². The number of nitrogens with one attached hydrogen (secondary N) is 1. The van der Waals surface area contributed by atoms with Gasteiger partial charge in [0.15, 0.2) is 5.76 Å². The van der Waals surface area contributed by atoms with Crippen molar-refractivity contribution in [3.8, 4) is 16.9 Å². The van der Waals surface area contributed by atoms with Crippen LogP contribution in [-0.4, -0.2) is 18.8 Å². The fraction of sp³-hybridized carbons (Fsp3) is 0.357. The highest BCUT2D eigenvalue weighted by Gasteiger charge is 2.25. The van der Waals surface area contributed by atoms with E-state index in [0.29, 0.717) is 0 Å². The lowest BCUT2D eigenvalue weighted by Gasteiger charge is -2.11. The van der Waals surface area contributed by atoms with Gasteiger partial charge in [0.25, 0.3) is 0 Å². The molecule has 1 N–H and O–H groups in total. The Morgan fingerprint density at radius 2 is 2.22 bits per heavy atom. The Bertz CT molecular complexity index is 530. The molecular formula is C14H16N2O2. The molecule has 1 unspecified atom stereocenters. The number of aromatic nitrogens is 1. The number of benzene rings is 1. The van der Waals surface area contributed by atoms with E-state index in [1.807, 2.05) is 24.3 Å². The summed E-state index contributed by atoms with van der Waals surface area (Å²) in [6, 6.07) is 8.21. The van der Waals surface area contributed by atoms with Crippen molar-refractivity contribution < 1.29 is 9.26 Å². The largest absolute Gasteiger partial charge is 0.496 e. The van der Waals surface area contributed by atoms with Crippen molar-refractivity contribution >= 4 is 0 Å². The number of hydrogen-bond donors (Lipinski definition) is 1. The van der Waals surface area contributed by atoms with Crippen LogP contribution in [0.5, 0.6) is 5.75 Å². The van der Waals surface area contributed by atoms with Crippen molar-refractivity contribution in [3.63, 3.8) is 0 Å². The van der Waals surface area contributed by atoms with Gasteiger partial charge in [0.05, 0.1) is 19.3 Å². The van der Waals surface area contributed by atoms with Crippen LogP contribution in [0.15, 0.2) is 35.0 Å². The lowest BCUT2D eigenvalue weighted by molar-refractivity contribution is 0.352. The van der Waals surface area contributed by atoms with E-state index in [9.17, 15) is 0 Å². The quantitative estimate of drug-likeness (QED) is 0.901. The van der Waals surface area contributed by atoms with Crippen LogP contribution in [0.2, 0.25) is 0 Å². The van der Waals surface area contributed by atoms with E-state index in [-0.39, 0.29) is 6.04 Å². The topological polar surface area (TPSA) is 47.3 Å². The molecule has 1 fully saturated rings. The van der Waals surface area contributed by atoms with Crippen molar-refractivity contribution in [1.82, 2.24) is 10.5 Å². The fourth-order valence-electron chi connectivity index (χ4n) is 2.48. The molecule has 18 heavy (non-hydrogen) atoms. The Balaban J connectivity index is 2.03. The van der Waals surface area contributed by atoms with Crippen LogP contribution in [0, 0.1) is 0 Å². The summed E-state index contributed by atoms with van der Waals surface area (Å²) < 4.78 is 10.8. The van der Waals surface area contributed by atoms with E-state index in [4.69, 9.17) is 9.26 Å². The lowest BCUT2D eigenvalue weighted by atomic mass is 10.0. The fourth-order valence-corrected chi connectivity index (χ4v) is 2.48. The van der Waals surface area contributed by atoms with Crippen molar-refractivity contribution in [2.75, 3.05) is 13.7 Å². The molecule has 0 radical (unpaired) electrons. The Morgan fingerprint density at radius 3 is 3.00 bits per heavy atom. The van der Waals surface area contributed by atoms with Gasteiger partial charge in [-0.05, 0) is 25.5 Å². The number of methoxy groups -OCH3 is 1. The normalized spacial score (nSPS) is 19.1. The summed E-state index contributed by atoms with van der Waals surface area (Å²) in [7, 11) is 1.68. The van der Waals surface area contributed by atoms with Crippen LogP contribution < -0.4 is 10.1 Å². The second-order valence-electron chi connectivity index (χ2n) is 4.45. The first kappa shape index (κ1) is 11.3. The lowest BCUT2D eigenvalue weighted by Crippen LogP contribution is -2.12. The Hall–Kier alpha value is -1.81. The average Bonchev–Trinajstić information content (AvgIpc) is 3.09. The van der Waals surface area contributed by atoms with E-state index < -0.39 is 0 Å². The number of rotatable bonds is 3. The summed E-state index contributed by atoms with van der Waals surface area (Å²) in [5, 5.41) is 7.38. The minimum absolute atomic E-state index is 0.271. The van der Waals surface area contributed by atoms with Crippen LogP contribution in [0.4, 0.5) is 0 Å². The molecule has 0 saturated carbocycles. The average molecular weight is 244 g/mol. The number of ether oxygens (including phenoxy) is 1. The van der Waals surface area contributed by atoms with Crippen LogP contribution >= 0.6 is 0 Å².